The molecule has 0 spiro atoms. The smallest absolute Gasteiger partial charge is 0.235 e. The first kappa shape index (κ1) is 20.7. The van der Waals surface area contributed by atoms with Crippen LogP contribution < -0.4 is 5.32 Å². The highest BCUT2D eigenvalue weighted by Crippen LogP contribution is 2.39. The second kappa shape index (κ2) is 8.66. The van der Waals surface area contributed by atoms with Crippen LogP contribution in [0.15, 0.2) is 35.7 Å². The van der Waals surface area contributed by atoms with E-state index in [1.54, 1.807) is 17.5 Å². The molecule has 2 aromatic heterocycles. The van der Waals surface area contributed by atoms with Gasteiger partial charge in [0, 0.05) is 17.3 Å². The van der Waals surface area contributed by atoms with E-state index in [-0.39, 0.29) is 11.7 Å². The van der Waals surface area contributed by atoms with Gasteiger partial charge in [0.25, 0.3) is 0 Å². The predicted octanol–water partition coefficient (Wildman–Crippen LogP) is 5.28. The molecule has 0 saturated carbocycles. The molecule has 2 heterocycles. The fraction of sp³-hybridized carbons (Fsp3) is 0.348. The topological polar surface area (TPSA) is 70.7 Å². The van der Waals surface area contributed by atoms with Gasteiger partial charge >= 0.3 is 0 Å². The predicted molar refractivity (Wildman–Crippen MR) is 123 cm³/mol. The molecule has 4 rings (SSSR count). The van der Waals surface area contributed by atoms with Gasteiger partial charge in [-0.1, -0.05) is 30.8 Å². The SMILES string of the molecule is Cc1ccc(C)c(-n2ccnc2SCC(=O)Nc2sc3c(c2C#N)CCC(C)C3)c1. The lowest BCUT2D eigenvalue weighted by Crippen LogP contribution is -2.14. The molecule has 1 N–H and O–H groups in total. The van der Waals surface area contributed by atoms with Crippen molar-refractivity contribution in [2.45, 2.75) is 45.2 Å². The van der Waals surface area contributed by atoms with Crippen molar-refractivity contribution in [3.8, 4) is 11.8 Å². The van der Waals surface area contributed by atoms with Crippen LogP contribution in [0.25, 0.3) is 5.69 Å². The number of nitriles is 1. The van der Waals surface area contributed by atoms with Crippen LogP contribution in [0.2, 0.25) is 0 Å². The summed E-state index contributed by atoms with van der Waals surface area (Å²) in [6, 6.07) is 8.61. The van der Waals surface area contributed by atoms with Crippen LogP contribution in [0.3, 0.4) is 0 Å². The molecule has 1 aliphatic carbocycles. The maximum Gasteiger partial charge on any atom is 0.235 e. The van der Waals surface area contributed by atoms with E-state index in [0.717, 1.165) is 41.2 Å². The Balaban J connectivity index is 1.47. The maximum atomic E-state index is 12.7. The first-order valence-corrected chi connectivity index (χ1v) is 11.8. The van der Waals surface area contributed by atoms with Crippen LogP contribution in [-0.4, -0.2) is 21.2 Å². The number of hydrogen-bond donors (Lipinski definition) is 1. The van der Waals surface area contributed by atoms with Gasteiger partial charge < -0.3 is 5.32 Å². The molecule has 1 aromatic carbocycles. The number of nitrogens with zero attached hydrogens (tertiary/aromatic N) is 3. The van der Waals surface area contributed by atoms with Crippen LogP contribution in [0, 0.1) is 31.1 Å². The summed E-state index contributed by atoms with van der Waals surface area (Å²) >= 11 is 2.96. The number of carbonyl (C=O) groups excluding carboxylic acids is 1. The van der Waals surface area contributed by atoms with Crippen LogP contribution >= 0.6 is 23.1 Å². The summed E-state index contributed by atoms with van der Waals surface area (Å²) in [6.45, 7) is 6.37. The van der Waals surface area contributed by atoms with Gasteiger partial charge in [0.2, 0.25) is 5.91 Å². The number of thioether (sulfide) groups is 1. The van der Waals surface area contributed by atoms with Crippen LogP contribution in [0.1, 0.15) is 40.5 Å². The lowest BCUT2D eigenvalue weighted by molar-refractivity contribution is -0.113. The van der Waals surface area contributed by atoms with Crippen molar-refractivity contribution >= 4 is 34.0 Å². The zero-order valence-corrected chi connectivity index (χ0v) is 19.0. The normalized spacial score (nSPS) is 15.5. The highest BCUT2D eigenvalue weighted by atomic mass is 32.2. The molecule has 0 bridgehead atoms. The lowest BCUT2D eigenvalue weighted by Gasteiger charge is -2.17. The van der Waals surface area contributed by atoms with Crippen molar-refractivity contribution in [3.05, 3.63) is 57.7 Å². The largest absolute Gasteiger partial charge is 0.316 e. The maximum absolute atomic E-state index is 12.7. The summed E-state index contributed by atoms with van der Waals surface area (Å²) in [5, 5.41) is 14.1. The Morgan fingerprint density at radius 3 is 3.07 bits per heavy atom. The van der Waals surface area contributed by atoms with Gasteiger partial charge in [0.05, 0.1) is 17.0 Å². The second-order valence-electron chi connectivity index (χ2n) is 7.87. The molecular weight excluding hydrogens is 412 g/mol. The average molecular weight is 437 g/mol. The molecular formula is C23H24N4OS2. The molecule has 5 nitrogen and oxygen atoms in total. The summed E-state index contributed by atoms with van der Waals surface area (Å²) < 4.78 is 2.02. The van der Waals surface area contributed by atoms with E-state index in [1.165, 1.54) is 22.2 Å². The Morgan fingerprint density at radius 1 is 1.43 bits per heavy atom. The molecule has 154 valence electrons. The quantitative estimate of drug-likeness (QED) is 0.553. The molecule has 1 amide bonds. The fourth-order valence-corrected chi connectivity index (χ4v) is 5.95. The van der Waals surface area contributed by atoms with E-state index in [0.29, 0.717) is 16.5 Å². The molecule has 0 radical (unpaired) electrons. The Labute approximate surface area is 185 Å². The first-order valence-electron chi connectivity index (χ1n) is 10.0. The number of anilines is 1. The van der Waals surface area contributed by atoms with E-state index in [1.807, 2.05) is 10.8 Å². The van der Waals surface area contributed by atoms with E-state index in [4.69, 9.17) is 0 Å². The van der Waals surface area contributed by atoms with Crippen molar-refractivity contribution in [2.24, 2.45) is 5.92 Å². The third kappa shape index (κ3) is 4.16. The Morgan fingerprint density at radius 2 is 2.27 bits per heavy atom. The van der Waals surface area contributed by atoms with Crippen LogP contribution in [-0.2, 0) is 17.6 Å². The highest BCUT2D eigenvalue weighted by molar-refractivity contribution is 7.99. The number of imidazole rings is 1. The monoisotopic (exact) mass is 436 g/mol. The minimum absolute atomic E-state index is 0.112. The number of nitrogens with one attached hydrogen (secondary N) is 1. The van der Waals surface area contributed by atoms with Crippen molar-refractivity contribution in [1.29, 1.82) is 5.26 Å². The molecule has 0 fully saturated rings. The van der Waals surface area contributed by atoms with E-state index in [2.05, 4.69) is 55.3 Å². The van der Waals surface area contributed by atoms with Gasteiger partial charge in [-0.05, 0) is 61.8 Å². The third-order valence-corrected chi connectivity index (χ3v) is 7.58. The molecule has 0 aliphatic heterocycles. The van der Waals surface area contributed by atoms with Gasteiger partial charge in [-0.2, -0.15) is 5.26 Å². The van der Waals surface area contributed by atoms with Crippen molar-refractivity contribution in [1.82, 2.24) is 9.55 Å². The van der Waals surface area contributed by atoms with E-state index in [9.17, 15) is 10.1 Å². The molecule has 1 unspecified atom stereocenters. The standard InChI is InChI=1S/C23H24N4OS2/c1-14-4-6-16(3)19(10-14)27-9-8-25-23(27)29-13-21(28)26-22-18(12-24)17-7-5-15(2)11-20(17)30-22/h4,6,8-10,15H,5,7,11,13H2,1-3H3,(H,26,28). The Hall–Kier alpha value is -2.56. The van der Waals surface area contributed by atoms with Gasteiger partial charge in [-0.3, -0.25) is 9.36 Å². The van der Waals surface area contributed by atoms with Crippen molar-refractivity contribution in [3.63, 3.8) is 0 Å². The Kier molecular flexibility index (Phi) is 5.98. The molecule has 3 aromatic rings. The molecule has 0 saturated heterocycles. The van der Waals surface area contributed by atoms with E-state index >= 15 is 0 Å². The van der Waals surface area contributed by atoms with Crippen molar-refractivity contribution in [2.75, 3.05) is 11.1 Å². The first-order chi connectivity index (χ1) is 14.5. The number of thiophene rings is 1. The lowest BCUT2D eigenvalue weighted by atomic mass is 9.89. The number of benzene rings is 1. The van der Waals surface area contributed by atoms with Crippen LogP contribution in [0.5, 0.6) is 0 Å². The molecule has 1 aliphatic rings. The molecule has 1 atom stereocenters. The van der Waals surface area contributed by atoms with Gasteiger partial charge in [-0.15, -0.1) is 11.3 Å². The zero-order chi connectivity index (χ0) is 21.3. The second-order valence-corrected chi connectivity index (χ2v) is 9.92. The number of fused-ring (bicyclic) bond motifs is 1. The summed E-state index contributed by atoms with van der Waals surface area (Å²) in [7, 11) is 0. The number of hydrogen-bond acceptors (Lipinski definition) is 5. The summed E-state index contributed by atoms with van der Waals surface area (Å²) in [5.74, 6) is 0.760. The number of rotatable bonds is 5. The molecule has 30 heavy (non-hydrogen) atoms. The minimum Gasteiger partial charge on any atom is -0.316 e. The summed E-state index contributed by atoms with van der Waals surface area (Å²) in [5.41, 5.74) is 5.19. The Bertz CT molecular complexity index is 1140. The van der Waals surface area contributed by atoms with Gasteiger partial charge in [0.15, 0.2) is 5.16 Å². The van der Waals surface area contributed by atoms with Crippen molar-refractivity contribution < 1.29 is 4.79 Å². The van der Waals surface area contributed by atoms with Gasteiger partial charge in [0.1, 0.15) is 11.1 Å². The summed E-state index contributed by atoms with van der Waals surface area (Å²) in [4.78, 5) is 18.3. The zero-order valence-electron chi connectivity index (χ0n) is 17.4. The summed E-state index contributed by atoms with van der Waals surface area (Å²) in [6.07, 6.45) is 6.69. The number of aromatic nitrogens is 2. The van der Waals surface area contributed by atoms with E-state index < -0.39 is 0 Å². The van der Waals surface area contributed by atoms with Crippen LogP contribution in [0.4, 0.5) is 5.00 Å². The number of amides is 1. The average Bonchev–Trinajstić information content (AvgIpc) is 3.31. The fourth-order valence-electron chi connectivity index (χ4n) is 3.81. The third-order valence-electron chi connectivity index (χ3n) is 5.44. The number of carbonyl (C=O) groups is 1. The minimum atomic E-state index is -0.112. The van der Waals surface area contributed by atoms with Gasteiger partial charge in [-0.25, -0.2) is 4.98 Å². The molecule has 7 heteroatoms. The highest BCUT2D eigenvalue weighted by Gasteiger charge is 2.24. The number of aryl methyl sites for hydroxylation is 2.